The number of rotatable bonds is 6. The summed E-state index contributed by atoms with van der Waals surface area (Å²) in [4.78, 5) is 22.4. The Bertz CT molecular complexity index is 826. The molecular formula is C19H26ClIN6O2. The third-order valence-electron chi connectivity index (χ3n) is 4.48. The average Bonchev–Trinajstić information content (AvgIpc) is 3.14. The third kappa shape index (κ3) is 6.84. The van der Waals surface area contributed by atoms with Crippen molar-refractivity contribution in [1.29, 1.82) is 0 Å². The number of likely N-dealkylation sites (N-methyl/N-ethyl adjacent to an activating group) is 1. The van der Waals surface area contributed by atoms with Crippen LogP contribution in [0.2, 0.25) is 5.02 Å². The SMILES string of the molecule is CCNC(=NCCc1nc(-c2ccc(Cl)cc2)no1)NC1CCC(=O)N(C)C1.I. The Morgan fingerprint density at radius 3 is 2.83 bits per heavy atom. The first-order chi connectivity index (χ1) is 13.5. The van der Waals surface area contributed by atoms with E-state index in [1.54, 1.807) is 17.0 Å². The number of guanidine groups is 1. The number of amides is 1. The smallest absolute Gasteiger partial charge is 0.228 e. The maximum Gasteiger partial charge on any atom is 0.228 e. The van der Waals surface area contributed by atoms with Crippen LogP contribution in [0.5, 0.6) is 0 Å². The van der Waals surface area contributed by atoms with Crippen LogP contribution in [0.1, 0.15) is 25.7 Å². The van der Waals surface area contributed by atoms with Gasteiger partial charge >= 0.3 is 0 Å². The number of aliphatic imine (C=N–C) groups is 1. The van der Waals surface area contributed by atoms with Crippen molar-refractivity contribution in [2.75, 3.05) is 26.7 Å². The number of benzene rings is 1. The van der Waals surface area contributed by atoms with Gasteiger partial charge in [-0.25, -0.2) is 0 Å². The van der Waals surface area contributed by atoms with E-state index in [1.165, 1.54) is 0 Å². The number of carbonyl (C=O) groups excluding carboxylic acids is 1. The number of halogens is 2. The highest BCUT2D eigenvalue weighted by atomic mass is 127. The second-order valence-corrected chi connectivity index (χ2v) is 7.12. The molecule has 1 aliphatic heterocycles. The van der Waals surface area contributed by atoms with E-state index in [1.807, 2.05) is 26.1 Å². The van der Waals surface area contributed by atoms with E-state index < -0.39 is 0 Å². The van der Waals surface area contributed by atoms with Crippen LogP contribution in [0, 0.1) is 0 Å². The number of hydrogen-bond donors (Lipinski definition) is 2. The molecule has 1 aromatic carbocycles. The van der Waals surface area contributed by atoms with Crippen LogP contribution >= 0.6 is 35.6 Å². The molecule has 1 saturated heterocycles. The molecule has 3 rings (SSSR count). The van der Waals surface area contributed by atoms with Crippen molar-refractivity contribution in [2.45, 2.75) is 32.2 Å². The van der Waals surface area contributed by atoms with Crippen molar-refractivity contribution in [3.05, 3.63) is 35.2 Å². The van der Waals surface area contributed by atoms with E-state index in [9.17, 15) is 4.79 Å². The molecule has 2 heterocycles. The summed E-state index contributed by atoms with van der Waals surface area (Å²) in [6.07, 6.45) is 1.91. The Morgan fingerprint density at radius 2 is 2.14 bits per heavy atom. The van der Waals surface area contributed by atoms with Crippen LogP contribution in [0.25, 0.3) is 11.4 Å². The lowest BCUT2D eigenvalue weighted by Crippen LogP contribution is -2.51. The van der Waals surface area contributed by atoms with E-state index in [0.717, 1.165) is 24.5 Å². The molecule has 0 spiro atoms. The second kappa shape index (κ2) is 11.3. The van der Waals surface area contributed by atoms with E-state index in [-0.39, 0.29) is 35.9 Å². The average molecular weight is 533 g/mol. The van der Waals surface area contributed by atoms with Crippen molar-refractivity contribution in [1.82, 2.24) is 25.7 Å². The van der Waals surface area contributed by atoms with E-state index in [0.29, 0.717) is 42.7 Å². The van der Waals surface area contributed by atoms with Crippen molar-refractivity contribution < 1.29 is 9.32 Å². The zero-order valence-electron chi connectivity index (χ0n) is 16.5. The summed E-state index contributed by atoms with van der Waals surface area (Å²) < 4.78 is 5.32. The van der Waals surface area contributed by atoms with Gasteiger partial charge in [-0.3, -0.25) is 9.79 Å². The van der Waals surface area contributed by atoms with Gasteiger partial charge in [-0.1, -0.05) is 16.8 Å². The Hall–Kier alpha value is -1.88. The first-order valence-corrected chi connectivity index (χ1v) is 9.80. The Balaban J connectivity index is 0.00000300. The van der Waals surface area contributed by atoms with Gasteiger partial charge in [0, 0.05) is 49.6 Å². The molecule has 1 fully saturated rings. The Kier molecular flexibility index (Phi) is 9.15. The van der Waals surface area contributed by atoms with Crippen molar-refractivity contribution >= 4 is 47.4 Å². The van der Waals surface area contributed by atoms with Gasteiger partial charge in [0.1, 0.15) is 0 Å². The molecule has 1 aliphatic rings. The molecule has 8 nitrogen and oxygen atoms in total. The van der Waals surface area contributed by atoms with Gasteiger partial charge in [0.05, 0.1) is 6.54 Å². The van der Waals surface area contributed by atoms with Crippen LogP contribution in [-0.2, 0) is 11.2 Å². The number of aromatic nitrogens is 2. The topological polar surface area (TPSA) is 95.6 Å². The molecule has 0 aliphatic carbocycles. The van der Waals surface area contributed by atoms with Crippen LogP contribution < -0.4 is 10.6 Å². The standard InChI is InChI=1S/C19H25ClN6O2.HI/c1-3-21-19(23-15-8-9-17(27)26(2)12-15)22-11-10-16-24-18(25-28-16)13-4-6-14(20)7-5-13;/h4-7,15H,3,8-12H2,1-2H3,(H2,21,22,23);1H. The lowest BCUT2D eigenvalue weighted by molar-refractivity contribution is -0.132. The van der Waals surface area contributed by atoms with Crippen LogP contribution in [0.3, 0.4) is 0 Å². The minimum atomic E-state index is 0. The van der Waals surface area contributed by atoms with Gasteiger partial charge in [0.15, 0.2) is 5.96 Å². The minimum absolute atomic E-state index is 0. The molecule has 10 heteroatoms. The number of nitrogens with one attached hydrogen (secondary N) is 2. The number of carbonyl (C=O) groups is 1. The molecule has 0 saturated carbocycles. The predicted octanol–water partition coefficient (Wildman–Crippen LogP) is 2.73. The van der Waals surface area contributed by atoms with Crippen LogP contribution in [-0.4, -0.2) is 59.6 Å². The number of nitrogens with zero attached hydrogens (tertiary/aromatic N) is 4. The molecule has 0 radical (unpaired) electrons. The van der Waals surface area contributed by atoms with Gasteiger partial charge in [-0.05, 0) is 37.6 Å². The van der Waals surface area contributed by atoms with E-state index >= 15 is 0 Å². The highest BCUT2D eigenvalue weighted by molar-refractivity contribution is 14.0. The first-order valence-electron chi connectivity index (χ1n) is 9.42. The molecule has 0 bridgehead atoms. The normalized spacial score (nSPS) is 17.1. The molecule has 158 valence electrons. The Morgan fingerprint density at radius 1 is 1.38 bits per heavy atom. The maximum absolute atomic E-state index is 11.6. The number of likely N-dealkylation sites (tertiary alicyclic amines) is 1. The summed E-state index contributed by atoms with van der Waals surface area (Å²) >= 11 is 5.90. The third-order valence-corrected chi connectivity index (χ3v) is 4.73. The van der Waals surface area contributed by atoms with Crippen molar-refractivity contribution in [3.63, 3.8) is 0 Å². The summed E-state index contributed by atoms with van der Waals surface area (Å²) in [6, 6.07) is 7.49. The van der Waals surface area contributed by atoms with Crippen molar-refractivity contribution in [3.8, 4) is 11.4 Å². The van der Waals surface area contributed by atoms with E-state index in [2.05, 4.69) is 25.8 Å². The minimum Gasteiger partial charge on any atom is -0.357 e. The molecule has 1 atom stereocenters. The number of hydrogen-bond acceptors (Lipinski definition) is 5. The van der Waals surface area contributed by atoms with Gasteiger partial charge in [0.2, 0.25) is 17.6 Å². The Labute approximate surface area is 192 Å². The van der Waals surface area contributed by atoms with Crippen LogP contribution in [0.15, 0.2) is 33.8 Å². The molecule has 29 heavy (non-hydrogen) atoms. The summed E-state index contributed by atoms with van der Waals surface area (Å²) in [5.41, 5.74) is 0.855. The molecule has 2 aromatic rings. The predicted molar refractivity (Wildman–Crippen MR) is 124 cm³/mol. The van der Waals surface area contributed by atoms with Crippen LogP contribution in [0.4, 0.5) is 0 Å². The summed E-state index contributed by atoms with van der Waals surface area (Å²) in [6.45, 7) is 3.97. The molecule has 1 amide bonds. The fraction of sp³-hybridized carbons (Fsp3) is 0.474. The summed E-state index contributed by atoms with van der Waals surface area (Å²) in [5.74, 6) is 1.99. The highest BCUT2D eigenvalue weighted by Crippen LogP contribution is 2.18. The summed E-state index contributed by atoms with van der Waals surface area (Å²) in [7, 11) is 1.83. The lowest BCUT2D eigenvalue weighted by Gasteiger charge is -2.31. The lowest BCUT2D eigenvalue weighted by atomic mass is 10.1. The molecule has 1 aromatic heterocycles. The van der Waals surface area contributed by atoms with Crippen molar-refractivity contribution in [2.24, 2.45) is 4.99 Å². The van der Waals surface area contributed by atoms with Gasteiger partial charge < -0.3 is 20.1 Å². The number of piperidine rings is 1. The zero-order chi connectivity index (χ0) is 19.9. The first kappa shape index (κ1) is 23.4. The summed E-state index contributed by atoms with van der Waals surface area (Å²) in [5, 5.41) is 11.3. The highest BCUT2D eigenvalue weighted by Gasteiger charge is 2.23. The second-order valence-electron chi connectivity index (χ2n) is 6.68. The molecular weight excluding hydrogens is 507 g/mol. The monoisotopic (exact) mass is 532 g/mol. The zero-order valence-corrected chi connectivity index (χ0v) is 19.6. The van der Waals surface area contributed by atoms with E-state index in [4.69, 9.17) is 16.1 Å². The maximum atomic E-state index is 11.6. The van der Waals surface area contributed by atoms with Gasteiger partial charge in [0.25, 0.3) is 0 Å². The molecule has 2 N–H and O–H groups in total. The fourth-order valence-electron chi connectivity index (χ4n) is 2.98. The fourth-order valence-corrected chi connectivity index (χ4v) is 3.11. The largest absolute Gasteiger partial charge is 0.357 e. The van der Waals surface area contributed by atoms with Gasteiger partial charge in [-0.2, -0.15) is 4.98 Å². The van der Waals surface area contributed by atoms with Gasteiger partial charge in [-0.15, -0.1) is 24.0 Å². The quantitative estimate of drug-likeness (QED) is 0.337. The molecule has 1 unspecified atom stereocenters.